The smallest absolute Gasteiger partial charge is 0.151 e. The average Bonchev–Trinajstić information content (AvgIpc) is 2.83. The first-order chi connectivity index (χ1) is 9.65. The van der Waals surface area contributed by atoms with Crippen molar-refractivity contribution in [1.82, 2.24) is 4.98 Å². The normalized spacial score (nSPS) is 11.2. The van der Waals surface area contributed by atoms with Gasteiger partial charge in [-0.1, -0.05) is 23.9 Å². The Bertz CT molecular complexity index is 750. The molecule has 0 amide bonds. The molecule has 0 aliphatic heterocycles. The number of hydrogen-bond acceptors (Lipinski definition) is 3. The summed E-state index contributed by atoms with van der Waals surface area (Å²) in [5, 5.41) is 0. The molecule has 1 heterocycles. The Morgan fingerprint density at radius 1 is 0.950 bits per heavy atom. The molecule has 2 aromatic carbocycles. The monoisotopic (exact) mass is 311 g/mol. The van der Waals surface area contributed by atoms with Crippen molar-refractivity contribution in [2.75, 3.05) is 0 Å². The quantitative estimate of drug-likeness (QED) is 0.631. The maximum atomic E-state index is 13.5. The number of rotatable bonds is 3. The van der Waals surface area contributed by atoms with Crippen molar-refractivity contribution in [3.63, 3.8) is 0 Å². The molecule has 0 aliphatic rings. The number of aromatic nitrogens is 1. The largest absolute Gasteiger partial charge is 0.227 e. The van der Waals surface area contributed by atoms with E-state index in [4.69, 9.17) is 0 Å². The van der Waals surface area contributed by atoms with E-state index in [9.17, 15) is 13.2 Å². The third-order valence-corrected chi connectivity index (χ3v) is 4.94. The van der Waals surface area contributed by atoms with Gasteiger partial charge in [-0.2, -0.15) is 0 Å². The fraction of sp³-hybridized carbons (Fsp3) is 0.0714. The molecule has 20 heavy (non-hydrogen) atoms. The summed E-state index contributed by atoms with van der Waals surface area (Å²) in [5.74, 6) is -1.42. The lowest BCUT2D eigenvalue weighted by molar-refractivity contribution is 0.566. The van der Waals surface area contributed by atoms with Crippen LogP contribution in [-0.4, -0.2) is 4.98 Å². The van der Waals surface area contributed by atoms with Gasteiger partial charge in [0.1, 0.15) is 23.0 Å². The van der Waals surface area contributed by atoms with Crippen molar-refractivity contribution in [1.29, 1.82) is 0 Å². The van der Waals surface area contributed by atoms with Crippen molar-refractivity contribution >= 4 is 33.3 Å². The lowest BCUT2D eigenvalue weighted by Crippen LogP contribution is -1.92. The summed E-state index contributed by atoms with van der Waals surface area (Å²) in [5.41, 5.74) is 0.311. The van der Waals surface area contributed by atoms with Crippen molar-refractivity contribution < 1.29 is 13.2 Å². The fourth-order valence-corrected chi connectivity index (χ4v) is 3.85. The molecule has 0 atom stereocenters. The second kappa shape index (κ2) is 5.46. The molecule has 0 saturated carbocycles. The van der Waals surface area contributed by atoms with Crippen LogP contribution in [0.2, 0.25) is 0 Å². The van der Waals surface area contributed by atoms with Crippen LogP contribution in [0, 0.1) is 17.5 Å². The summed E-state index contributed by atoms with van der Waals surface area (Å²) in [7, 11) is 0. The maximum Gasteiger partial charge on any atom is 0.151 e. The van der Waals surface area contributed by atoms with Gasteiger partial charge in [-0.3, -0.25) is 0 Å². The Morgan fingerprint density at radius 2 is 1.60 bits per heavy atom. The Kier molecular flexibility index (Phi) is 3.67. The molecule has 0 fully saturated rings. The van der Waals surface area contributed by atoms with Crippen LogP contribution >= 0.6 is 23.1 Å². The molecule has 0 saturated heterocycles. The highest BCUT2D eigenvalue weighted by atomic mass is 32.2. The number of fused-ring (bicyclic) bond motifs is 1. The van der Waals surface area contributed by atoms with Crippen molar-refractivity contribution in [2.24, 2.45) is 0 Å². The van der Waals surface area contributed by atoms with E-state index in [0.29, 0.717) is 9.86 Å². The third kappa shape index (κ3) is 2.53. The third-order valence-electron chi connectivity index (χ3n) is 2.75. The Labute approximate surface area is 121 Å². The Balaban J connectivity index is 1.85. The number of thiazole rings is 1. The second-order valence-electron chi connectivity index (χ2n) is 4.06. The molecule has 0 spiro atoms. The average molecular weight is 311 g/mol. The summed E-state index contributed by atoms with van der Waals surface area (Å²) < 4.78 is 41.8. The van der Waals surface area contributed by atoms with Crippen LogP contribution in [0.3, 0.4) is 0 Å². The van der Waals surface area contributed by atoms with Crippen LogP contribution in [0.1, 0.15) is 5.56 Å². The highest BCUT2D eigenvalue weighted by Crippen LogP contribution is 2.33. The minimum atomic E-state index is -0.579. The van der Waals surface area contributed by atoms with Gasteiger partial charge >= 0.3 is 0 Å². The van der Waals surface area contributed by atoms with Gasteiger partial charge in [0, 0.05) is 11.3 Å². The summed E-state index contributed by atoms with van der Waals surface area (Å²) >= 11 is 2.51. The zero-order valence-electron chi connectivity index (χ0n) is 10.1. The topological polar surface area (TPSA) is 12.9 Å². The van der Waals surface area contributed by atoms with E-state index in [2.05, 4.69) is 4.98 Å². The molecular formula is C14H8F3NS2. The van der Waals surface area contributed by atoms with Gasteiger partial charge in [0.25, 0.3) is 0 Å². The molecule has 3 aromatic rings. The van der Waals surface area contributed by atoms with Crippen molar-refractivity contribution in [3.8, 4) is 0 Å². The van der Waals surface area contributed by atoms with E-state index in [1.807, 2.05) is 0 Å². The first-order valence-corrected chi connectivity index (χ1v) is 7.56. The van der Waals surface area contributed by atoms with Crippen LogP contribution in [0.4, 0.5) is 13.2 Å². The summed E-state index contributed by atoms with van der Waals surface area (Å²) in [6, 6.07) is 8.48. The highest BCUT2D eigenvalue weighted by Gasteiger charge is 2.12. The molecule has 0 radical (unpaired) electrons. The molecule has 1 nitrogen and oxygen atoms in total. The van der Waals surface area contributed by atoms with Crippen LogP contribution in [0.25, 0.3) is 10.2 Å². The number of benzene rings is 2. The van der Waals surface area contributed by atoms with Crippen molar-refractivity contribution in [3.05, 3.63) is 59.4 Å². The van der Waals surface area contributed by atoms with Crippen LogP contribution in [0.5, 0.6) is 0 Å². The predicted molar refractivity (Wildman–Crippen MR) is 75.5 cm³/mol. The number of halogens is 3. The van der Waals surface area contributed by atoms with Crippen LogP contribution < -0.4 is 0 Å². The predicted octanol–water partition coefficient (Wildman–Crippen LogP) is 5.01. The first kappa shape index (κ1) is 13.5. The summed E-state index contributed by atoms with van der Waals surface area (Å²) in [6.07, 6.45) is 0. The molecule has 0 N–H and O–H groups in total. The lowest BCUT2D eigenvalue weighted by atomic mass is 10.2. The molecule has 0 bridgehead atoms. The van der Waals surface area contributed by atoms with Gasteiger partial charge in [-0.25, -0.2) is 18.2 Å². The number of thioether (sulfide) groups is 1. The molecule has 6 heteroatoms. The van der Waals surface area contributed by atoms with E-state index >= 15 is 0 Å². The lowest BCUT2D eigenvalue weighted by Gasteiger charge is -2.02. The first-order valence-electron chi connectivity index (χ1n) is 5.76. The SMILES string of the molecule is Fc1cccc(F)c1CSc1nc2c(F)cccc2s1. The summed E-state index contributed by atoms with van der Waals surface area (Å²) in [4.78, 5) is 4.15. The Hall–Kier alpha value is -1.53. The number of para-hydroxylation sites is 1. The van der Waals surface area contributed by atoms with Gasteiger partial charge in [0.15, 0.2) is 4.34 Å². The second-order valence-corrected chi connectivity index (χ2v) is 6.31. The fourth-order valence-electron chi connectivity index (χ4n) is 1.76. The van der Waals surface area contributed by atoms with Crippen LogP contribution in [-0.2, 0) is 5.75 Å². The number of hydrogen-bond donors (Lipinski definition) is 0. The van der Waals surface area contributed by atoms with Crippen LogP contribution in [0.15, 0.2) is 40.7 Å². The maximum absolute atomic E-state index is 13.5. The zero-order chi connectivity index (χ0) is 14.1. The van der Waals surface area contributed by atoms with Crippen molar-refractivity contribution in [2.45, 2.75) is 10.1 Å². The van der Waals surface area contributed by atoms with E-state index in [0.717, 1.165) is 4.70 Å². The van der Waals surface area contributed by atoms with Gasteiger partial charge in [0.05, 0.1) is 4.70 Å². The minimum Gasteiger partial charge on any atom is -0.227 e. The van der Waals surface area contributed by atoms with E-state index in [1.165, 1.54) is 47.4 Å². The molecular weight excluding hydrogens is 303 g/mol. The highest BCUT2D eigenvalue weighted by molar-refractivity contribution is 8.00. The zero-order valence-corrected chi connectivity index (χ0v) is 11.7. The molecule has 102 valence electrons. The number of nitrogens with zero attached hydrogens (tertiary/aromatic N) is 1. The summed E-state index contributed by atoms with van der Waals surface area (Å²) in [6.45, 7) is 0. The standard InChI is InChI=1S/C14H8F3NS2/c15-9-3-1-4-10(16)8(9)7-19-14-18-13-11(17)5-2-6-12(13)20-14/h1-6H,7H2. The van der Waals surface area contributed by atoms with E-state index < -0.39 is 11.6 Å². The molecule has 3 rings (SSSR count). The minimum absolute atomic E-state index is 0.0113. The van der Waals surface area contributed by atoms with E-state index in [-0.39, 0.29) is 17.1 Å². The Morgan fingerprint density at radius 3 is 2.30 bits per heavy atom. The molecule has 0 unspecified atom stereocenters. The van der Waals surface area contributed by atoms with Gasteiger partial charge < -0.3 is 0 Å². The molecule has 1 aromatic heterocycles. The van der Waals surface area contributed by atoms with Gasteiger partial charge in [0.2, 0.25) is 0 Å². The molecule has 0 aliphatic carbocycles. The van der Waals surface area contributed by atoms with E-state index in [1.54, 1.807) is 12.1 Å². The van der Waals surface area contributed by atoms with Gasteiger partial charge in [-0.05, 0) is 24.3 Å². The van der Waals surface area contributed by atoms with Gasteiger partial charge in [-0.15, -0.1) is 11.3 Å².